The number of hydrogen-bond acceptors (Lipinski definition) is 5. The van der Waals surface area contributed by atoms with Crippen molar-refractivity contribution in [2.75, 3.05) is 0 Å². The number of hydrogen-bond donors (Lipinski definition) is 0. The first-order valence-corrected chi connectivity index (χ1v) is 11.1. The summed E-state index contributed by atoms with van der Waals surface area (Å²) in [6.45, 7) is 1.91. The van der Waals surface area contributed by atoms with Gasteiger partial charge in [-0.25, -0.2) is 9.37 Å². The van der Waals surface area contributed by atoms with Crippen molar-refractivity contribution >= 4 is 11.8 Å². The molecular formula is C25H19FN4OS. The Morgan fingerprint density at radius 3 is 2.19 bits per heavy atom. The highest BCUT2D eigenvalue weighted by molar-refractivity contribution is 7.98. The highest BCUT2D eigenvalue weighted by Crippen LogP contribution is 2.31. The Morgan fingerprint density at radius 2 is 1.50 bits per heavy atom. The molecule has 0 radical (unpaired) electrons. The minimum Gasteiger partial charge on any atom is -0.441 e. The SMILES string of the molecule is Cc1oc(-c2ccccc2)nc1CSc1nnc(-c2ccccc2)n1-c1ccc(F)cc1. The van der Waals surface area contributed by atoms with Crippen LogP contribution in [0.4, 0.5) is 4.39 Å². The van der Waals surface area contributed by atoms with Gasteiger partial charge in [0.05, 0.1) is 5.69 Å². The van der Waals surface area contributed by atoms with Crippen molar-refractivity contribution in [3.63, 3.8) is 0 Å². The molecule has 32 heavy (non-hydrogen) atoms. The predicted octanol–water partition coefficient (Wildman–Crippen LogP) is 6.33. The molecule has 0 atom stereocenters. The molecule has 5 rings (SSSR count). The van der Waals surface area contributed by atoms with Crippen LogP contribution in [0, 0.1) is 12.7 Å². The second kappa shape index (κ2) is 8.80. The third-order valence-electron chi connectivity index (χ3n) is 5.00. The van der Waals surface area contributed by atoms with Crippen LogP contribution in [0.25, 0.3) is 28.5 Å². The largest absolute Gasteiger partial charge is 0.441 e. The van der Waals surface area contributed by atoms with Crippen LogP contribution in [0.1, 0.15) is 11.5 Å². The molecule has 7 heteroatoms. The average molecular weight is 443 g/mol. The Morgan fingerprint density at radius 1 is 0.844 bits per heavy atom. The molecule has 158 valence electrons. The van der Waals surface area contributed by atoms with Crippen LogP contribution >= 0.6 is 11.8 Å². The van der Waals surface area contributed by atoms with Crippen molar-refractivity contribution in [1.82, 2.24) is 19.7 Å². The number of thioether (sulfide) groups is 1. The van der Waals surface area contributed by atoms with Crippen molar-refractivity contribution in [3.8, 4) is 28.5 Å². The van der Waals surface area contributed by atoms with Gasteiger partial charge in [0, 0.05) is 22.6 Å². The van der Waals surface area contributed by atoms with E-state index in [9.17, 15) is 4.39 Å². The van der Waals surface area contributed by atoms with Crippen LogP contribution in [0.5, 0.6) is 0 Å². The maximum atomic E-state index is 13.5. The molecule has 0 fully saturated rings. The molecule has 0 aliphatic carbocycles. The first-order chi connectivity index (χ1) is 15.7. The Bertz CT molecular complexity index is 1330. The molecular weight excluding hydrogens is 423 g/mol. The molecule has 0 aliphatic heterocycles. The smallest absolute Gasteiger partial charge is 0.226 e. The topological polar surface area (TPSA) is 56.7 Å². The van der Waals surface area contributed by atoms with Crippen molar-refractivity contribution < 1.29 is 8.81 Å². The van der Waals surface area contributed by atoms with Gasteiger partial charge in [-0.05, 0) is 43.3 Å². The van der Waals surface area contributed by atoms with Gasteiger partial charge in [-0.1, -0.05) is 60.3 Å². The minimum absolute atomic E-state index is 0.288. The molecule has 0 aliphatic rings. The lowest BCUT2D eigenvalue weighted by atomic mass is 10.2. The van der Waals surface area contributed by atoms with E-state index in [1.54, 1.807) is 12.1 Å². The summed E-state index contributed by atoms with van der Waals surface area (Å²) in [6.07, 6.45) is 0. The van der Waals surface area contributed by atoms with E-state index in [-0.39, 0.29) is 5.82 Å². The summed E-state index contributed by atoms with van der Waals surface area (Å²) >= 11 is 1.51. The van der Waals surface area contributed by atoms with E-state index in [0.717, 1.165) is 28.3 Å². The fourth-order valence-corrected chi connectivity index (χ4v) is 4.31. The molecule has 0 saturated heterocycles. The average Bonchev–Trinajstić information content (AvgIpc) is 3.43. The van der Waals surface area contributed by atoms with Gasteiger partial charge in [-0.3, -0.25) is 4.57 Å². The third-order valence-corrected chi connectivity index (χ3v) is 5.94. The molecule has 5 aromatic rings. The summed E-state index contributed by atoms with van der Waals surface area (Å²) in [5.74, 6) is 2.35. The Kier molecular flexibility index (Phi) is 5.56. The molecule has 2 aromatic heterocycles. The summed E-state index contributed by atoms with van der Waals surface area (Å²) < 4.78 is 21.4. The molecule has 0 unspecified atom stereocenters. The van der Waals surface area contributed by atoms with Crippen LogP contribution in [0.3, 0.4) is 0 Å². The van der Waals surface area contributed by atoms with Gasteiger partial charge < -0.3 is 4.42 Å². The molecule has 0 saturated carbocycles. The van der Waals surface area contributed by atoms with Gasteiger partial charge >= 0.3 is 0 Å². The van der Waals surface area contributed by atoms with Gasteiger partial charge in [0.2, 0.25) is 5.89 Å². The number of halogens is 1. The second-order valence-corrected chi connectivity index (χ2v) is 8.10. The summed E-state index contributed by atoms with van der Waals surface area (Å²) in [5, 5.41) is 9.55. The quantitative estimate of drug-likeness (QED) is 0.288. The molecule has 0 spiro atoms. The number of rotatable bonds is 6. The highest BCUT2D eigenvalue weighted by Gasteiger charge is 2.18. The molecule has 0 amide bonds. The van der Waals surface area contributed by atoms with E-state index < -0.39 is 0 Å². The lowest BCUT2D eigenvalue weighted by Gasteiger charge is -2.10. The fourth-order valence-electron chi connectivity index (χ4n) is 3.36. The van der Waals surface area contributed by atoms with Gasteiger partial charge in [0.1, 0.15) is 11.6 Å². The molecule has 0 N–H and O–H groups in total. The lowest BCUT2D eigenvalue weighted by molar-refractivity contribution is 0.540. The second-order valence-electron chi connectivity index (χ2n) is 7.16. The highest BCUT2D eigenvalue weighted by atomic mass is 32.2. The summed E-state index contributed by atoms with van der Waals surface area (Å²) in [5.41, 5.74) is 3.51. The van der Waals surface area contributed by atoms with E-state index in [1.807, 2.05) is 72.2 Å². The van der Waals surface area contributed by atoms with E-state index in [0.29, 0.717) is 22.6 Å². The van der Waals surface area contributed by atoms with E-state index >= 15 is 0 Å². The van der Waals surface area contributed by atoms with Crippen molar-refractivity contribution in [2.24, 2.45) is 0 Å². The van der Waals surface area contributed by atoms with Crippen LogP contribution < -0.4 is 0 Å². The number of benzene rings is 3. The molecule has 5 nitrogen and oxygen atoms in total. The first kappa shape index (κ1) is 20.2. The minimum atomic E-state index is -0.288. The first-order valence-electron chi connectivity index (χ1n) is 10.1. The zero-order chi connectivity index (χ0) is 21.9. The van der Waals surface area contributed by atoms with E-state index in [4.69, 9.17) is 4.42 Å². The van der Waals surface area contributed by atoms with Gasteiger partial charge in [0.15, 0.2) is 11.0 Å². The number of nitrogens with zero attached hydrogens (tertiary/aromatic N) is 4. The summed E-state index contributed by atoms with van der Waals surface area (Å²) in [6, 6.07) is 26.0. The predicted molar refractivity (Wildman–Crippen MR) is 123 cm³/mol. The molecule has 0 bridgehead atoms. The number of aryl methyl sites for hydroxylation is 1. The van der Waals surface area contributed by atoms with Gasteiger partial charge in [0.25, 0.3) is 0 Å². The molecule has 2 heterocycles. The van der Waals surface area contributed by atoms with Gasteiger partial charge in [-0.2, -0.15) is 0 Å². The third kappa shape index (κ3) is 4.07. The maximum absolute atomic E-state index is 13.5. The number of oxazole rings is 1. The van der Waals surface area contributed by atoms with Crippen LogP contribution in [-0.4, -0.2) is 19.7 Å². The Balaban J connectivity index is 1.47. The fraction of sp³-hybridized carbons (Fsp3) is 0.0800. The molecule has 3 aromatic carbocycles. The summed E-state index contributed by atoms with van der Waals surface area (Å²) in [7, 11) is 0. The van der Waals surface area contributed by atoms with E-state index in [2.05, 4.69) is 15.2 Å². The zero-order valence-electron chi connectivity index (χ0n) is 17.3. The van der Waals surface area contributed by atoms with Crippen molar-refractivity contribution in [3.05, 3.63) is 102 Å². The van der Waals surface area contributed by atoms with Crippen LogP contribution in [0.2, 0.25) is 0 Å². The number of aromatic nitrogens is 4. The van der Waals surface area contributed by atoms with Crippen LogP contribution in [0.15, 0.2) is 94.5 Å². The van der Waals surface area contributed by atoms with Crippen molar-refractivity contribution in [2.45, 2.75) is 17.8 Å². The zero-order valence-corrected chi connectivity index (χ0v) is 18.1. The van der Waals surface area contributed by atoms with E-state index in [1.165, 1.54) is 23.9 Å². The lowest BCUT2D eigenvalue weighted by Crippen LogP contribution is -2.00. The maximum Gasteiger partial charge on any atom is 0.226 e. The Hall–Kier alpha value is -3.71. The van der Waals surface area contributed by atoms with Crippen molar-refractivity contribution in [1.29, 1.82) is 0 Å². The Labute approximate surface area is 189 Å². The van der Waals surface area contributed by atoms with Crippen LogP contribution in [-0.2, 0) is 5.75 Å². The summed E-state index contributed by atoms with van der Waals surface area (Å²) in [4.78, 5) is 4.68. The standard InChI is InChI=1S/C25H19FN4OS/c1-17-22(27-24(31-17)19-10-6-3-7-11-19)16-32-25-29-28-23(18-8-4-2-5-9-18)30(25)21-14-12-20(26)13-15-21/h2-15H,16H2,1H3. The van der Waals surface area contributed by atoms with Gasteiger partial charge in [-0.15, -0.1) is 10.2 Å². The monoisotopic (exact) mass is 442 g/mol. The normalized spacial score (nSPS) is 11.1.